The summed E-state index contributed by atoms with van der Waals surface area (Å²) in [6.07, 6.45) is -3.04. The van der Waals surface area contributed by atoms with Crippen LogP contribution in [0.1, 0.15) is 25.3 Å². The van der Waals surface area contributed by atoms with E-state index in [0.29, 0.717) is 13.2 Å². The molecule has 1 fully saturated rings. The van der Waals surface area contributed by atoms with Gasteiger partial charge in [0, 0.05) is 24.9 Å². The Bertz CT molecular complexity index is 540. The number of ether oxygens (including phenoxy) is 1. The number of halogens is 3. The minimum absolute atomic E-state index is 0.185. The van der Waals surface area contributed by atoms with Crippen molar-refractivity contribution in [3.05, 3.63) is 33.9 Å². The minimum atomic E-state index is -4.77. The maximum Gasteiger partial charge on any atom is 0.423 e. The first-order valence-corrected chi connectivity index (χ1v) is 6.45. The zero-order valence-corrected chi connectivity index (χ0v) is 11.4. The van der Waals surface area contributed by atoms with E-state index in [1.165, 1.54) is 6.07 Å². The second-order valence-corrected chi connectivity index (χ2v) is 5.24. The molecule has 2 rings (SSSR count). The van der Waals surface area contributed by atoms with Gasteiger partial charge in [0.25, 0.3) is 5.69 Å². The van der Waals surface area contributed by atoms with Crippen LogP contribution >= 0.6 is 0 Å². The number of rotatable bonds is 4. The predicted octanol–water partition coefficient (Wildman–Crippen LogP) is 3.59. The third-order valence-corrected chi connectivity index (χ3v) is 3.47. The Morgan fingerprint density at radius 1 is 1.48 bits per heavy atom. The first-order chi connectivity index (χ1) is 9.71. The third kappa shape index (κ3) is 3.63. The summed E-state index contributed by atoms with van der Waals surface area (Å²) in [5, 5.41) is 13.5. The highest BCUT2D eigenvalue weighted by Gasteiger charge is 2.38. The largest absolute Gasteiger partial charge is 0.423 e. The molecule has 0 bridgehead atoms. The van der Waals surface area contributed by atoms with Crippen LogP contribution in [0, 0.1) is 10.1 Å². The van der Waals surface area contributed by atoms with Crippen molar-refractivity contribution in [1.29, 1.82) is 0 Å². The summed E-state index contributed by atoms with van der Waals surface area (Å²) in [5.41, 5.74) is -2.43. The number of anilines is 1. The fourth-order valence-corrected chi connectivity index (χ4v) is 2.30. The Hall–Kier alpha value is -1.83. The highest BCUT2D eigenvalue weighted by molar-refractivity contribution is 5.55. The van der Waals surface area contributed by atoms with E-state index in [-0.39, 0.29) is 5.69 Å². The monoisotopic (exact) mass is 304 g/mol. The van der Waals surface area contributed by atoms with Crippen LogP contribution in [-0.2, 0) is 10.9 Å². The van der Waals surface area contributed by atoms with Crippen LogP contribution < -0.4 is 5.32 Å². The van der Waals surface area contributed by atoms with Crippen LogP contribution in [0.4, 0.5) is 24.5 Å². The predicted molar refractivity (Wildman–Crippen MR) is 70.2 cm³/mol. The molecule has 1 atom stereocenters. The van der Waals surface area contributed by atoms with Crippen molar-refractivity contribution in [3.63, 3.8) is 0 Å². The number of hydrogen-bond acceptors (Lipinski definition) is 4. The SMILES string of the molecule is CC1(CNc2ccc([N+](=O)[O-])c(C(F)(F)F)c2)CCCO1. The van der Waals surface area contributed by atoms with Crippen LogP contribution in [0.15, 0.2) is 18.2 Å². The lowest BCUT2D eigenvalue weighted by Crippen LogP contribution is -2.32. The molecule has 5 nitrogen and oxygen atoms in total. The first kappa shape index (κ1) is 15.6. The molecule has 0 radical (unpaired) electrons. The van der Waals surface area contributed by atoms with Gasteiger partial charge in [0.05, 0.1) is 10.5 Å². The van der Waals surface area contributed by atoms with Crippen molar-refractivity contribution < 1.29 is 22.8 Å². The average molecular weight is 304 g/mol. The van der Waals surface area contributed by atoms with Crippen LogP contribution in [0.3, 0.4) is 0 Å². The summed E-state index contributed by atoms with van der Waals surface area (Å²) in [6, 6.07) is 2.89. The molecule has 1 unspecified atom stereocenters. The summed E-state index contributed by atoms with van der Waals surface area (Å²) < 4.78 is 44.1. The zero-order valence-electron chi connectivity index (χ0n) is 11.4. The fourth-order valence-electron chi connectivity index (χ4n) is 2.30. The molecule has 1 heterocycles. The summed E-state index contributed by atoms with van der Waals surface area (Å²) in [5.74, 6) is 0. The van der Waals surface area contributed by atoms with E-state index >= 15 is 0 Å². The Morgan fingerprint density at radius 3 is 2.71 bits per heavy atom. The highest BCUT2D eigenvalue weighted by atomic mass is 19.4. The van der Waals surface area contributed by atoms with E-state index in [9.17, 15) is 23.3 Å². The molecule has 21 heavy (non-hydrogen) atoms. The fraction of sp³-hybridized carbons (Fsp3) is 0.538. The summed E-state index contributed by atoms with van der Waals surface area (Å²) in [4.78, 5) is 9.63. The van der Waals surface area contributed by atoms with Crippen molar-refractivity contribution >= 4 is 11.4 Å². The van der Waals surface area contributed by atoms with Gasteiger partial charge in [-0.25, -0.2) is 0 Å². The summed E-state index contributed by atoms with van der Waals surface area (Å²) in [6.45, 7) is 2.86. The minimum Gasteiger partial charge on any atom is -0.382 e. The van der Waals surface area contributed by atoms with Crippen LogP contribution in [0.25, 0.3) is 0 Å². The molecule has 1 aromatic carbocycles. The number of nitrogens with zero attached hydrogens (tertiary/aromatic N) is 1. The van der Waals surface area contributed by atoms with Gasteiger partial charge in [-0.1, -0.05) is 0 Å². The van der Waals surface area contributed by atoms with Crippen molar-refractivity contribution in [2.45, 2.75) is 31.5 Å². The molecule has 1 N–H and O–H groups in total. The van der Waals surface area contributed by atoms with E-state index in [4.69, 9.17) is 4.74 Å². The lowest BCUT2D eigenvalue weighted by atomic mass is 10.0. The molecule has 0 aliphatic carbocycles. The molecular weight excluding hydrogens is 289 g/mol. The quantitative estimate of drug-likeness (QED) is 0.682. The van der Waals surface area contributed by atoms with E-state index < -0.39 is 28.0 Å². The van der Waals surface area contributed by atoms with Gasteiger partial charge >= 0.3 is 6.18 Å². The van der Waals surface area contributed by atoms with Crippen molar-refractivity contribution in [3.8, 4) is 0 Å². The normalized spacial score (nSPS) is 22.3. The van der Waals surface area contributed by atoms with Gasteiger partial charge < -0.3 is 10.1 Å². The second-order valence-electron chi connectivity index (χ2n) is 5.24. The number of nitro benzene ring substituents is 1. The van der Waals surface area contributed by atoms with Gasteiger partial charge in [0.2, 0.25) is 0 Å². The van der Waals surface area contributed by atoms with Gasteiger partial charge in [-0.15, -0.1) is 0 Å². The average Bonchev–Trinajstić information content (AvgIpc) is 2.82. The molecule has 1 saturated heterocycles. The van der Waals surface area contributed by atoms with Crippen molar-refractivity contribution in [2.75, 3.05) is 18.5 Å². The van der Waals surface area contributed by atoms with Gasteiger partial charge in [-0.3, -0.25) is 10.1 Å². The van der Waals surface area contributed by atoms with Crippen LogP contribution in [0.5, 0.6) is 0 Å². The second kappa shape index (κ2) is 5.51. The Kier molecular flexibility index (Phi) is 4.08. The Morgan fingerprint density at radius 2 is 2.19 bits per heavy atom. The molecule has 0 aromatic heterocycles. The lowest BCUT2D eigenvalue weighted by molar-refractivity contribution is -0.388. The molecule has 0 saturated carbocycles. The molecule has 1 aliphatic rings. The van der Waals surface area contributed by atoms with E-state index in [2.05, 4.69) is 5.32 Å². The van der Waals surface area contributed by atoms with Crippen molar-refractivity contribution in [1.82, 2.24) is 0 Å². The molecule has 0 amide bonds. The van der Waals surface area contributed by atoms with Crippen LogP contribution in [0.2, 0.25) is 0 Å². The third-order valence-electron chi connectivity index (χ3n) is 3.47. The number of benzene rings is 1. The van der Waals surface area contributed by atoms with Gasteiger partial charge in [0.15, 0.2) is 0 Å². The lowest BCUT2D eigenvalue weighted by Gasteiger charge is -2.24. The standard InChI is InChI=1S/C13H15F3N2O3/c1-12(5-2-6-21-12)8-17-9-3-4-11(18(19)20)10(7-9)13(14,15)16/h3-4,7,17H,2,5-6,8H2,1H3. The molecule has 116 valence electrons. The maximum atomic E-state index is 12.8. The number of hydrogen-bond donors (Lipinski definition) is 1. The highest BCUT2D eigenvalue weighted by Crippen LogP contribution is 2.37. The molecule has 1 aliphatic heterocycles. The molecule has 0 spiro atoms. The smallest absolute Gasteiger partial charge is 0.382 e. The van der Waals surface area contributed by atoms with Gasteiger partial charge in [-0.05, 0) is 31.9 Å². The Labute approximate surface area is 119 Å². The first-order valence-electron chi connectivity index (χ1n) is 6.45. The van der Waals surface area contributed by atoms with E-state index in [1.54, 1.807) is 0 Å². The number of nitro groups is 1. The van der Waals surface area contributed by atoms with Crippen molar-refractivity contribution in [2.24, 2.45) is 0 Å². The number of nitrogens with one attached hydrogen (secondary N) is 1. The number of alkyl halides is 3. The summed E-state index contributed by atoms with van der Waals surface area (Å²) >= 11 is 0. The zero-order chi connectivity index (χ0) is 15.7. The molecule has 8 heteroatoms. The van der Waals surface area contributed by atoms with Gasteiger partial charge in [0.1, 0.15) is 5.56 Å². The van der Waals surface area contributed by atoms with Gasteiger partial charge in [-0.2, -0.15) is 13.2 Å². The van der Waals surface area contributed by atoms with E-state index in [0.717, 1.165) is 25.0 Å². The summed E-state index contributed by atoms with van der Waals surface area (Å²) in [7, 11) is 0. The maximum absolute atomic E-state index is 12.8. The topological polar surface area (TPSA) is 64.4 Å². The molecular formula is C13H15F3N2O3. The van der Waals surface area contributed by atoms with E-state index in [1.807, 2.05) is 6.92 Å². The Balaban J connectivity index is 2.19. The van der Waals surface area contributed by atoms with Crippen LogP contribution in [-0.4, -0.2) is 23.7 Å². The molecule has 1 aromatic rings.